The monoisotopic (exact) mass is 404 g/mol. The van der Waals surface area contributed by atoms with Crippen molar-refractivity contribution in [2.45, 2.75) is 26.4 Å². The molecule has 2 aromatic carbocycles. The SMILES string of the molecule is CCNC(=O)C(C)N(Cc1ccccc1Cl)C(=O)COc1ccc(OC)cc1. The van der Waals surface area contributed by atoms with Gasteiger partial charge in [-0.1, -0.05) is 29.8 Å². The zero-order chi connectivity index (χ0) is 20.5. The Morgan fingerprint density at radius 2 is 1.75 bits per heavy atom. The number of benzene rings is 2. The molecule has 0 saturated heterocycles. The lowest BCUT2D eigenvalue weighted by Gasteiger charge is -2.29. The number of hydrogen-bond acceptors (Lipinski definition) is 4. The highest BCUT2D eigenvalue weighted by Gasteiger charge is 2.26. The molecule has 2 rings (SSSR count). The van der Waals surface area contributed by atoms with Gasteiger partial charge in [0.2, 0.25) is 5.91 Å². The molecule has 0 aliphatic carbocycles. The molecule has 0 bridgehead atoms. The van der Waals surface area contributed by atoms with Gasteiger partial charge in [0.05, 0.1) is 7.11 Å². The van der Waals surface area contributed by atoms with E-state index in [-0.39, 0.29) is 25.0 Å². The second-order valence-electron chi connectivity index (χ2n) is 6.15. The number of ether oxygens (including phenoxy) is 2. The standard InChI is InChI=1S/C21H25ClN2O4/c1-4-23-21(26)15(2)24(13-16-7-5-6-8-19(16)22)20(25)14-28-18-11-9-17(27-3)10-12-18/h5-12,15H,4,13-14H2,1-3H3,(H,23,26). The van der Waals surface area contributed by atoms with E-state index in [4.69, 9.17) is 21.1 Å². The molecule has 1 atom stereocenters. The minimum Gasteiger partial charge on any atom is -0.497 e. The average Bonchev–Trinajstić information content (AvgIpc) is 2.71. The molecule has 0 radical (unpaired) electrons. The number of nitrogens with one attached hydrogen (secondary N) is 1. The molecule has 0 aliphatic rings. The molecule has 150 valence electrons. The van der Waals surface area contributed by atoms with Crippen LogP contribution in [-0.2, 0) is 16.1 Å². The zero-order valence-electron chi connectivity index (χ0n) is 16.3. The van der Waals surface area contributed by atoms with E-state index in [1.807, 2.05) is 25.1 Å². The number of carbonyl (C=O) groups excluding carboxylic acids is 2. The van der Waals surface area contributed by atoms with Gasteiger partial charge in [-0.25, -0.2) is 0 Å². The summed E-state index contributed by atoms with van der Waals surface area (Å²) in [6, 6.07) is 13.5. The van der Waals surface area contributed by atoms with E-state index in [9.17, 15) is 9.59 Å². The van der Waals surface area contributed by atoms with Gasteiger partial charge >= 0.3 is 0 Å². The number of carbonyl (C=O) groups is 2. The smallest absolute Gasteiger partial charge is 0.261 e. The summed E-state index contributed by atoms with van der Waals surface area (Å²) >= 11 is 6.24. The van der Waals surface area contributed by atoms with E-state index in [0.29, 0.717) is 23.1 Å². The molecule has 28 heavy (non-hydrogen) atoms. The molecule has 0 spiro atoms. The molecular weight excluding hydrogens is 380 g/mol. The fourth-order valence-corrected chi connectivity index (χ4v) is 2.81. The quantitative estimate of drug-likeness (QED) is 0.696. The first-order valence-electron chi connectivity index (χ1n) is 9.03. The van der Waals surface area contributed by atoms with E-state index in [0.717, 1.165) is 5.56 Å². The molecule has 2 amide bonds. The zero-order valence-corrected chi connectivity index (χ0v) is 17.0. The van der Waals surface area contributed by atoms with Crippen molar-refractivity contribution in [3.8, 4) is 11.5 Å². The maximum Gasteiger partial charge on any atom is 0.261 e. The Balaban J connectivity index is 2.12. The van der Waals surface area contributed by atoms with Crippen molar-refractivity contribution in [3.63, 3.8) is 0 Å². The van der Waals surface area contributed by atoms with Crippen molar-refractivity contribution >= 4 is 23.4 Å². The van der Waals surface area contributed by atoms with Gasteiger partial charge in [0, 0.05) is 18.1 Å². The average molecular weight is 405 g/mol. The van der Waals surface area contributed by atoms with Crippen molar-refractivity contribution < 1.29 is 19.1 Å². The van der Waals surface area contributed by atoms with Crippen LogP contribution < -0.4 is 14.8 Å². The molecule has 1 N–H and O–H groups in total. The van der Waals surface area contributed by atoms with Gasteiger partial charge in [0.1, 0.15) is 17.5 Å². The third-order valence-electron chi connectivity index (χ3n) is 4.24. The largest absolute Gasteiger partial charge is 0.497 e. The summed E-state index contributed by atoms with van der Waals surface area (Å²) in [6.07, 6.45) is 0. The van der Waals surface area contributed by atoms with E-state index in [1.54, 1.807) is 44.4 Å². The second-order valence-corrected chi connectivity index (χ2v) is 6.56. The lowest BCUT2D eigenvalue weighted by atomic mass is 10.1. The Morgan fingerprint density at radius 1 is 1.11 bits per heavy atom. The van der Waals surface area contributed by atoms with Crippen molar-refractivity contribution in [2.75, 3.05) is 20.3 Å². The molecule has 0 fully saturated rings. The van der Waals surface area contributed by atoms with Gasteiger partial charge in [-0.2, -0.15) is 0 Å². The fraction of sp³-hybridized carbons (Fsp3) is 0.333. The highest BCUT2D eigenvalue weighted by atomic mass is 35.5. The van der Waals surface area contributed by atoms with Crippen molar-refractivity contribution in [1.29, 1.82) is 0 Å². The third kappa shape index (κ3) is 5.89. The first kappa shape index (κ1) is 21.6. The summed E-state index contributed by atoms with van der Waals surface area (Å²) in [4.78, 5) is 26.6. The predicted molar refractivity (Wildman–Crippen MR) is 109 cm³/mol. The molecule has 0 aromatic heterocycles. The Morgan fingerprint density at radius 3 is 2.36 bits per heavy atom. The summed E-state index contributed by atoms with van der Waals surface area (Å²) in [7, 11) is 1.58. The van der Waals surface area contributed by atoms with Gasteiger partial charge in [-0.3, -0.25) is 9.59 Å². The van der Waals surface area contributed by atoms with Crippen LogP contribution in [0.5, 0.6) is 11.5 Å². The maximum absolute atomic E-state index is 12.9. The van der Waals surface area contributed by atoms with Crippen molar-refractivity contribution in [2.24, 2.45) is 0 Å². The van der Waals surface area contributed by atoms with Crippen LogP contribution in [0.25, 0.3) is 0 Å². The summed E-state index contributed by atoms with van der Waals surface area (Å²) in [5.41, 5.74) is 0.762. The number of nitrogens with zero attached hydrogens (tertiary/aromatic N) is 1. The van der Waals surface area contributed by atoms with E-state index < -0.39 is 6.04 Å². The number of rotatable bonds is 9. The summed E-state index contributed by atoms with van der Waals surface area (Å²) in [5, 5.41) is 3.29. The number of halogens is 1. The lowest BCUT2D eigenvalue weighted by molar-refractivity contribution is -0.142. The van der Waals surface area contributed by atoms with Gasteiger partial charge in [-0.05, 0) is 49.7 Å². The van der Waals surface area contributed by atoms with Crippen LogP contribution in [0.15, 0.2) is 48.5 Å². The Hall–Kier alpha value is -2.73. The molecule has 6 nitrogen and oxygen atoms in total. The Labute approximate surface area is 170 Å². The molecule has 2 aromatic rings. The Kier molecular flexibility index (Phi) is 8.14. The van der Waals surface area contributed by atoms with Gasteiger partial charge < -0.3 is 19.7 Å². The van der Waals surface area contributed by atoms with Crippen LogP contribution in [0.4, 0.5) is 0 Å². The van der Waals surface area contributed by atoms with Crippen LogP contribution in [0.2, 0.25) is 5.02 Å². The molecule has 1 unspecified atom stereocenters. The van der Waals surface area contributed by atoms with Crippen LogP contribution in [0.1, 0.15) is 19.4 Å². The summed E-state index contributed by atoms with van der Waals surface area (Å²) in [6.45, 7) is 4.02. The van der Waals surface area contributed by atoms with Crippen LogP contribution in [-0.4, -0.2) is 43.0 Å². The predicted octanol–water partition coefficient (Wildman–Crippen LogP) is 3.28. The molecule has 7 heteroatoms. The number of hydrogen-bond donors (Lipinski definition) is 1. The van der Waals surface area contributed by atoms with Crippen LogP contribution in [0.3, 0.4) is 0 Å². The number of amides is 2. The molecule has 0 aliphatic heterocycles. The third-order valence-corrected chi connectivity index (χ3v) is 4.61. The highest BCUT2D eigenvalue weighted by molar-refractivity contribution is 6.31. The highest BCUT2D eigenvalue weighted by Crippen LogP contribution is 2.20. The van der Waals surface area contributed by atoms with Crippen LogP contribution >= 0.6 is 11.6 Å². The summed E-state index contributed by atoms with van der Waals surface area (Å²) < 4.78 is 10.7. The van der Waals surface area contributed by atoms with E-state index in [2.05, 4.69) is 5.32 Å². The normalized spacial score (nSPS) is 11.4. The molecule has 0 saturated carbocycles. The molecule has 0 heterocycles. The van der Waals surface area contributed by atoms with Gasteiger partial charge in [-0.15, -0.1) is 0 Å². The fourth-order valence-electron chi connectivity index (χ4n) is 2.61. The summed E-state index contributed by atoms with van der Waals surface area (Å²) in [5.74, 6) is 0.697. The maximum atomic E-state index is 12.9. The first-order chi connectivity index (χ1) is 13.5. The number of methoxy groups -OCH3 is 1. The van der Waals surface area contributed by atoms with Gasteiger partial charge in [0.25, 0.3) is 5.91 Å². The topological polar surface area (TPSA) is 67.9 Å². The van der Waals surface area contributed by atoms with Gasteiger partial charge in [0.15, 0.2) is 6.61 Å². The molecular formula is C21H25ClN2O4. The Bertz CT molecular complexity index is 795. The van der Waals surface area contributed by atoms with Crippen LogP contribution in [0, 0.1) is 0 Å². The van der Waals surface area contributed by atoms with Crippen molar-refractivity contribution in [3.05, 3.63) is 59.1 Å². The first-order valence-corrected chi connectivity index (χ1v) is 9.41. The van der Waals surface area contributed by atoms with E-state index >= 15 is 0 Å². The minimum atomic E-state index is -0.664. The minimum absolute atomic E-state index is 0.194. The number of likely N-dealkylation sites (N-methyl/N-ethyl adjacent to an activating group) is 1. The second kappa shape index (κ2) is 10.6. The lowest BCUT2D eigenvalue weighted by Crippen LogP contribution is -2.49. The van der Waals surface area contributed by atoms with E-state index in [1.165, 1.54) is 4.90 Å². The van der Waals surface area contributed by atoms with Crippen molar-refractivity contribution in [1.82, 2.24) is 10.2 Å².